The van der Waals surface area contributed by atoms with E-state index in [0.717, 1.165) is 43.6 Å². The minimum atomic E-state index is -0.00275. The molecule has 2 heterocycles. The topological polar surface area (TPSA) is 74.7 Å². The third-order valence-electron chi connectivity index (χ3n) is 5.06. The van der Waals surface area contributed by atoms with Gasteiger partial charge in [-0.25, -0.2) is 4.79 Å². The second-order valence-electron chi connectivity index (χ2n) is 6.94. The van der Waals surface area contributed by atoms with Crippen LogP contribution in [0.15, 0.2) is 42.6 Å². The molecule has 6 nitrogen and oxygen atoms in total. The molecule has 0 radical (unpaired) electrons. The normalized spacial score (nSPS) is 14.8. The number of amides is 2. The fourth-order valence-corrected chi connectivity index (χ4v) is 3.46. The van der Waals surface area contributed by atoms with Gasteiger partial charge in [0.2, 0.25) is 0 Å². The maximum absolute atomic E-state index is 12.4. The van der Waals surface area contributed by atoms with Gasteiger partial charge in [-0.2, -0.15) is 0 Å². The van der Waals surface area contributed by atoms with E-state index in [4.69, 9.17) is 4.74 Å². The van der Waals surface area contributed by atoms with Crippen LogP contribution in [-0.2, 0) is 12.8 Å². The van der Waals surface area contributed by atoms with Gasteiger partial charge in [0.25, 0.3) is 0 Å². The van der Waals surface area contributed by atoms with Crippen molar-refractivity contribution in [3.63, 3.8) is 0 Å². The summed E-state index contributed by atoms with van der Waals surface area (Å²) in [4.78, 5) is 18.7. The standard InChI is InChI=1S/C21H27N3O3/c1-27-20-15-16(5-6-19(20)25)7-11-23-21(26)24-12-8-17(9-13-24)14-18-4-2-3-10-22-18/h2-6,10,15,17,25H,7-9,11-14H2,1H3,(H,23,26). The molecule has 1 aromatic heterocycles. The molecule has 0 atom stereocenters. The molecule has 144 valence electrons. The summed E-state index contributed by atoms with van der Waals surface area (Å²) in [5.74, 6) is 1.17. The van der Waals surface area contributed by atoms with Crippen LogP contribution in [0.2, 0.25) is 0 Å². The number of nitrogens with zero attached hydrogens (tertiary/aromatic N) is 2. The van der Waals surface area contributed by atoms with E-state index in [1.165, 1.54) is 7.11 Å². The van der Waals surface area contributed by atoms with E-state index in [-0.39, 0.29) is 11.8 Å². The number of aromatic hydroxyl groups is 1. The van der Waals surface area contributed by atoms with Crippen molar-refractivity contribution >= 4 is 6.03 Å². The molecule has 2 amide bonds. The number of ether oxygens (including phenoxy) is 1. The summed E-state index contributed by atoms with van der Waals surface area (Å²) in [6.07, 6.45) is 5.54. The largest absolute Gasteiger partial charge is 0.504 e. The highest BCUT2D eigenvalue weighted by molar-refractivity contribution is 5.74. The minimum absolute atomic E-state index is 0.00275. The summed E-state index contributed by atoms with van der Waals surface area (Å²) in [7, 11) is 1.53. The zero-order valence-corrected chi connectivity index (χ0v) is 15.7. The Kier molecular flexibility index (Phi) is 6.52. The third kappa shape index (κ3) is 5.36. The lowest BCUT2D eigenvalue weighted by Crippen LogP contribution is -2.45. The van der Waals surface area contributed by atoms with E-state index in [0.29, 0.717) is 24.6 Å². The number of phenols is 1. The molecule has 0 spiro atoms. The molecule has 1 saturated heterocycles. The molecule has 1 fully saturated rings. The maximum Gasteiger partial charge on any atom is 0.317 e. The highest BCUT2D eigenvalue weighted by atomic mass is 16.5. The van der Waals surface area contributed by atoms with Gasteiger partial charge in [-0.15, -0.1) is 0 Å². The summed E-state index contributed by atoms with van der Waals surface area (Å²) >= 11 is 0. The predicted molar refractivity (Wildman–Crippen MR) is 104 cm³/mol. The van der Waals surface area contributed by atoms with Crippen LogP contribution >= 0.6 is 0 Å². The van der Waals surface area contributed by atoms with Crippen LogP contribution in [-0.4, -0.2) is 47.8 Å². The van der Waals surface area contributed by atoms with Gasteiger partial charge in [-0.05, 0) is 61.4 Å². The first-order valence-electron chi connectivity index (χ1n) is 9.44. The Balaban J connectivity index is 1.39. The van der Waals surface area contributed by atoms with Gasteiger partial charge in [0, 0.05) is 31.5 Å². The molecule has 0 bridgehead atoms. The number of hydrogen-bond acceptors (Lipinski definition) is 4. The van der Waals surface area contributed by atoms with Crippen LogP contribution < -0.4 is 10.1 Å². The number of carbonyl (C=O) groups excluding carboxylic acids is 1. The number of carbonyl (C=O) groups is 1. The Labute approximate surface area is 160 Å². The number of benzene rings is 1. The Morgan fingerprint density at radius 3 is 2.81 bits per heavy atom. The number of methoxy groups -OCH3 is 1. The smallest absolute Gasteiger partial charge is 0.317 e. The number of pyridine rings is 1. The van der Waals surface area contributed by atoms with Crippen LogP contribution in [0, 0.1) is 5.92 Å². The van der Waals surface area contributed by atoms with Crippen molar-refractivity contribution < 1.29 is 14.6 Å². The van der Waals surface area contributed by atoms with Crippen LogP contribution in [0.1, 0.15) is 24.1 Å². The van der Waals surface area contributed by atoms with E-state index in [9.17, 15) is 9.90 Å². The van der Waals surface area contributed by atoms with Crippen LogP contribution in [0.25, 0.3) is 0 Å². The van der Waals surface area contributed by atoms with Gasteiger partial charge in [0.15, 0.2) is 11.5 Å². The van der Waals surface area contributed by atoms with Gasteiger partial charge in [-0.3, -0.25) is 4.98 Å². The third-order valence-corrected chi connectivity index (χ3v) is 5.06. The summed E-state index contributed by atoms with van der Waals surface area (Å²) in [5.41, 5.74) is 2.14. The maximum atomic E-state index is 12.4. The van der Waals surface area contributed by atoms with Crippen molar-refractivity contribution in [1.82, 2.24) is 15.2 Å². The summed E-state index contributed by atoms with van der Waals surface area (Å²) in [6.45, 7) is 2.13. The highest BCUT2D eigenvalue weighted by Gasteiger charge is 2.23. The lowest BCUT2D eigenvalue weighted by Gasteiger charge is -2.32. The summed E-state index contributed by atoms with van der Waals surface area (Å²) in [6, 6.07) is 11.3. The number of urea groups is 1. The number of rotatable bonds is 6. The van der Waals surface area contributed by atoms with Gasteiger partial charge in [0.05, 0.1) is 7.11 Å². The quantitative estimate of drug-likeness (QED) is 0.821. The molecule has 0 aliphatic carbocycles. The average molecular weight is 369 g/mol. The second-order valence-corrected chi connectivity index (χ2v) is 6.94. The van der Waals surface area contributed by atoms with Gasteiger partial charge >= 0.3 is 6.03 Å². The number of phenolic OH excluding ortho intramolecular Hbond substituents is 1. The lowest BCUT2D eigenvalue weighted by atomic mass is 9.92. The first-order valence-corrected chi connectivity index (χ1v) is 9.44. The first kappa shape index (κ1) is 19.0. The zero-order chi connectivity index (χ0) is 19.1. The number of aromatic nitrogens is 1. The Morgan fingerprint density at radius 1 is 1.30 bits per heavy atom. The molecule has 1 aliphatic rings. The Hall–Kier alpha value is -2.76. The fraction of sp³-hybridized carbons (Fsp3) is 0.429. The van der Waals surface area contributed by atoms with Gasteiger partial charge in [-0.1, -0.05) is 12.1 Å². The number of nitrogens with one attached hydrogen (secondary N) is 1. The molecular weight excluding hydrogens is 342 g/mol. The minimum Gasteiger partial charge on any atom is -0.504 e. The van der Waals surface area contributed by atoms with Crippen molar-refractivity contribution in [3.05, 3.63) is 53.9 Å². The fourth-order valence-electron chi connectivity index (χ4n) is 3.46. The number of likely N-dealkylation sites (tertiary alicyclic amines) is 1. The molecule has 27 heavy (non-hydrogen) atoms. The number of hydrogen-bond donors (Lipinski definition) is 2. The molecule has 3 rings (SSSR count). The van der Waals surface area contributed by atoms with E-state index in [1.807, 2.05) is 29.3 Å². The van der Waals surface area contributed by atoms with Crippen molar-refractivity contribution in [1.29, 1.82) is 0 Å². The molecule has 2 aromatic rings. The highest BCUT2D eigenvalue weighted by Crippen LogP contribution is 2.26. The monoisotopic (exact) mass is 369 g/mol. The Morgan fingerprint density at radius 2 is 2.11 bits per heavy atom. The van der Waals surface area contributed by atoms with Crippen molar-refractivity contribution in [2.45, 2.75) is 25.7 Å². The molecular formula is C21H27N3O3. The van der Waals surface area contributed by atoms with E-state index >= 15 is 0 Å². The van der Waals surface area contributed by atoms with Gasteiger partial charge in [0.1, 0.15) is 0 Å². The molecule has 6 heteroatoms. The van der Waals surface area contributed by atoms with Gasteiger partial charge < -0.3 is 20.1 Å². The van der Waals surface area contributed by atoms with Crippen LogP contribution in [0.4, 0.5) is 4.79 Å². The van der Waals surface area contributed by atoms with Crippen LogP contribution in [0.3, 0.4) is 0 Å². The summed E-state index contributed by atoms with van der Waals surface area (Å²) < 4.78 is 5.11. The summed E-state index contributed by atoms with van der Waals surface area (Å²) in [5, 5.41) is 12.6. The van der Waals surface area contributed by atoms with Crippen molar-refractivity contribution in [3.8, 4) is 11.5 Å². The van der Waals surface area contributed by atoms with Crippen LogP contribution in [0.5, 0.6) is 11.5 Å². The molecule has 1 aromatic carbocycles. The van der Waals surface area contributed by atoms with E-state index in [2.05, 4.69) is 16.4 Å². The Bertz CT molecular complexity index is 744. The first-order chi connectivity index (χ1) is 13.2. The van der Waals surface area contributed by atoms with Crippen molar-refractivity contribution in [2.24, 2.45) is 5.92 Å². The molecule has 1 aliphatic heterocycles. The molecule has 0 unspecified atom stereocenters. The average Bonchev–Trinajstić information content (AvgIpc) is 2.70. The van der Waals surface area contributed by atoms with Crippen molar-refractivity contribution in [2.75, 3.05) is 26.7 Å². The molecule has 0 saturated carbocycles. The van der Waals surface area contributed by atoms with E-state index in [1.54, 1.807) is 12.1 Å². The predicted octanol–water partition coefficient (Wildman–Crippen LogP) is 3.00. The lowest BCUT2D eigenvalue weighted by molar-refractivity contribution is 0.170. The SMILES string of the molecule is COc1cc(CCNC(=O)N2CCC(Cc3ccccn3)CC2)ccc1O. The zero-order valence-electron chi connectivity index (χ0n) is 15.7. The second kappa shape index (κ2) is 9.26. The molecule has 2 N–H and O–H groups in total. The van der Waals surface area contributed by atoms with E-state index < -0.39 is 0 Å². The number of piperidine rings is 1.